The number of fused-ring (bicyclic) bond motifs is 1. The van der Waals surface area contributed by atoms with Crippen molar-refractivity contribution in [2.45, 2.75) is 0 Å². The van der Waals surface area contributed by atoms with Gasteiger partial charge in [0.2, 0.25) is 0 Å². The summed E-state index contributed by atoms with van der Waals surface area (Å²) in [6.45, 7) is 0. The van der Waals surface area contributed by atoms with Gasteiger partial charge in [-0.3, -0.25) is 4.40 Å². The molecule has 0 aliphatic rings. The Bertz CT molecular complexity index is 738. The molecule has 4 nitrogen and oxygen atoms in total. The fourth-order valence-electron chi connectivity index (χ4n) is 1.76. The average molecular weight is 324 g/mol. The molecule has 0 bridgehead atoms. The third-order valence-corrected chi connectivity index (χ3v) is 3.49. The molecule has 3 aromatic rings. The first-order valence-electron chi connectivity index (χ1n) is 5.21. The number of nitrogen functional groups attached to an aromatic ring is 1. The van der Waals surface area contributed by atoms with Crippen LogP contribution in [-0.2, 0) is 0 Å². The van der Waals surface area contributed by atoms with Crippen molar-refractivity contribution < 1.29 is 0 Å². The maximum absolute atomic E-state index is 5.93. The lowest BCUT2D eigenvalue weighted by Gasteiger charge is -2.04. The van der Waals surface area contributed by atoms with Gasteiger partial charge in [0.15, 0.2) is 11.5 Å². The van der Waals surface area contributed by atoms with Crippen molar-refractivity contribution >= 4 is 38.9 Å². The summed E-state index contributed by atoms with van der Waals surface area (Å²) in [4.78, 5) is 0. The summed E-state index contributed by atoms with van der Waals surface area (Å²) in [6, 6.07) is 9.16. The van der Waals surface area contributed by atoms with Gasteiger partial charge in [0.1, 0.15) is 0 Å². The van der Waals surface area contributed by atoms with Crippen LogP contribution in [-0.4, -0.2) is 14.6 Å². The van der Waals surface area contributed by atoms with E-state index in [9.17, 15) is 0 Å². The molecule has 2 N–H and O–H groups in total. The molecule has 0 aliphatic heterocycles. The quantitative estimate of drug-likeness (QED) is 0.747. The lowest BCUT2D eigenvalue weighted by molar-refractivity contribution is 1.11. The van der Waals surface area contributed by atoms with E-state index in [-0.39, 0.29) is 0 Å². The molecule has 0 saturated heterocycles. The van der Waals surface area contributed by atoms with Gasteiger partial charge in [0, 0.05) is 26.9 Å². The Kier molecular flexibility index (Phi) is 2.72. The van der Waals surface area contributed by atoms with Crippen LogP contribution in [0.15, 0.2) is 41.0 Å². The third kappa shape index (κ3) is 1.85. The molecule has 0 saturated carbocycles. The van der Waals surface area contributed by atoms with Crippen molar-refractivity contribution in [3.63, 3.8) is 0 Å². The molecule has 1 aromatic carbocycles. The third-order valence-electron chi connectivity index (χ3n) is 2.60. The zero-order chi connectivity index (χ0) is 12.7. The molecule has 18 heavy (non-hydrogen) atoms. The van der Waals surface area contributed by atoms with Gasteiger partial charge < -0.3 is 5.73 Å². The predicted octanol–water partition coefficient (Wildman–Crippen LogP) is 3.39. The van der Waals surface area contributed by atoms with E-state index in [1.807, 2.05) is 28.7 Å². The minimum Gasteiger partial charge on any atom is -0.398 e. The molecule has 0 fully saturated rings. The van der Waals surface area contributed by atoms with Crippen molar-refractivity contribution in [2.75, 3.05) is 5.73 Å². The highest BCUT2D eigenvalue weighted by atomic mass is 79.9. The zero-order valence-corrected chi connectivity index (χ0v) is 11.5. The Hall–Kier alpha value is -1.59. The lowest BCUT2D eigenvalue weighted by atomic mass is 10.2. The number of anilines is 1. The largest absolute Gasteiger partial charge is 0.398 e. The Balaban J connectivity index is 2.28. The summed E-state index contributed by atoms with van der Waals surface area (Å²) in [5.74, 6) is 0.723. The topological polar surface area (TPSA) is 56.2 Å². The van der Waals surface area contributed by atoms with Crippen LogP contribution in [0.4, 0.5) is 5.69 Å². The molecular weight excluding hydrogens is 316 g/mol. The average Bonchev–Trinajstić information content (AvgIpc) is 2.72. The normalized spacial score (nSPS) is 11.0. The van der Waals surface area contributed by atoms with Gasteiger partial charge in [0.05, 0.1) is 0 Å². The van der Waals surface area contributed by atoms with Crippen LogP contribution in [0.1, 0.15) is 0 Å². The number of hydrogen-bond donors (Lipinski definition) is 1. The minimum atomic E-state index is 0.661. The smallest absolute Gasteiger partial charge is 0.169 e. The molecular formula is C12H8BrClN4. The van der Waals surface area contributed by atoms with Crippen LogP contribution in [0.25, 0.3) is 17.0 Å². The van der Waals surface area contributed by atoms with E-state index in [1.54, 1.807) is 12.3 Å². The summed E-state index contributed by atoms with van der Waals surface area (Å²) < 4.78 is 2.72. The van der Waals surface area contributed by atoms with Crippen molar-refractivity contribution in [1.82, 2.24) is 14.6 Å². The van der Waals surface area contributed by atoms with Gasteiger partial charge in [0.25, 0.3) is 0 Å². The fraction of sp³-hybridized carbons (Fsp3) is 0. The van der Waals surface area contributed by atoms with Gasteiger partial charge in [-0.25, -0.2) is 0 Å². The molecule has 0 atom stereocenters. The maximum atomic E-state index is 5.93. The van der Waals surface area contributed by atoms with Gasteiger partial charge in [-0.15, -0.1) is 10.2 Å². The van der Waals surface area contributed by atoms with E-state index in [1.165, 1.54) is 0 Å². The SMILES string of the molecule is Nc1ccc2nnc(-c3ccc(Cl)cc3Br)n2c1. The fourth-order valence-corrected chi connectivity index (χ4v) is 2.62. The number of halogens is 2. The van der Waals surface area contributed by atoms with Gasteiger partial charge in [-0.05, 0) is 46.3 Å². The van der Waals surface area contributed by atoms with Crippen molar-refractivity contribution in [1.29, 1.82) is 0 Å². The predicted molar refractivity (Wildman–Crippen MR) is 75.5 cm³/mol. The molecule has 6 heteroatoms. The summed E-state index contributed by atoms with van der Waals surface area (Å²) in [7, 11) is 0. The molecule has 0 unspecified atom stereocenters. The molecule has 2 heterocycles. The zero-order valence-electron chi connectivity index (χ0n) is 9.14. The first kappa shape index (κ1) is 11.5. The second-order valence-electron chi connectivity index (χ2n) is 3.84. The second-order valence-corrected chi connectivity index (χ2v) is 5.13. The minimum absolute atomic E-state index is 0.661. The Morgan fingerprint density at radius 2 is 2.00 bits per heavy atom. The maximum Gasteiger partial charge on any atom is 0.169 e. The van der Waals surface area contributed by atoms with E-state index in [4.69, 9.17) is 17.3 Å². The summed E-state index contributed by atoms with van der Waals surface area (Å²) >= 11 is 9.40. The highest BCUT2D eigenvalue weighted by Crippen LogP contribution is 2.29. The first-order chi connectivity index (χ1) is 8.65. The number of pyridine rings is 1. The van der Waals surface area contributed by atoms with Crippen LogP contribution in [0.5, 0.6) is 0 Å². The lowest BCUT2D eigenvalue weighted by Crippen LogP contribution is -1.93. The second kappa shape index (κ2) is 4.26. The van der Waals surface area contributed by atoms with Crippen LogP contribution in [0.2, 0.25) is 5.02 Å². The summed E-state index contributed by atoms with van der Waals surface area (Å²) in [6.07, 6.45) is 1.80. The number of nitrogens with zero attached hydrogens (tertiary/aromatic N) is 3. The number of rotatable bonds is 1. The van der Waals surface area contributed by atoms with Crippen molar-refractivity contribution in [2.24, 2.45) is 0 Å². The number of benzene rings is 1. The molecule has 2 aromatic heterocycles. The highest BCUT2D eigenvalue weighted by Gasteiger charge is 2.11. The number of hydrogen-bond acceptors (Lipinski definition) is 3. The summed E-state index contributed by atoms with van der Waals surface area (Å²) in [5.41, 5.74) is 8.11. The Labute approximate surface area is 117 Å². The monoisotopic (exact) mass is 322 g/mol. The van der Waals surface area contributed by atoms with Crippen molar-refractivity contribution in [3.8, 4) is 11.4 Å². The first-order valence-corrected chi connectivity index (χ1v) is 6.38. The highest BCUT2D eigenvalue weighted by molar-refractivity contribution is 9.10. The molecule has 0 spiro atoms. The van der Waals surface area contributed by atoms with Crippen LogP contribution in [0, 0.1) is 0 Å². The number of nitrogens with two attached hydrogens (primary N) is 1. The van der Waals surface area contributed by atoms with E-state index >= 15 is 0 Å². The van der Waals surface area contributed by atoms with Crippen LogP contribution < -0.4 is 5.73 Å². The van der Waals surface area contributed by atoms with Crippen molar-refractivity contribution in [3.05, 3.63) is 46.0 Å². The van der Waals surface area contributed by atoms with Crippen LogP contribution in [0.3, 0.4) is 0 Å². The van der Waals surface area contributed by atoms with E-state index in [2.05, 4.69) is 26.1 Å². The van der Waals surface area contributed by atoms with Gasteiger partial charge >= 0.3 is 0 Å². The number of aromatic nitrogens is 3. The Morgan fingerprint density at radius 1 is 1.17 bits per heavy atom. The van der Waals surface area contributed by atoms with E-state index in [0.29, 0.717) is 10.7 Å². The van der Waals surface area contributed by atoms with Gasteiger partial charge in [-0.1, -0.05) is 11.6 Å². The van der Waals surface area contributed by atoms with E-state index < -0.39 is 0 Å². The molecule has 90 valence electrons. The standard InChI is InChI=1S/C12H8BrClN4/c13-10-5-7(14)1-3-9(10)12-17-16-11-4-2-8(15)6-18(11)12/h1-6H,15H2. The molecule has 0 amide bonds. The van der Waals surface area contributed by atoms with E-state index in [0.717, 1.165) is 21.5 Å². The molecule has 3 rings (SSSR count). The van der Waals surface area contributed by atoms with Gasteiger partial charge in [-0.2, -0.15) is 0 Å². The molecule has 0 radical (unpaired) electrons. The molecule has 0 aliphatic carbocycles. The van der Waals surface area contributed by atoms with Crippen LogP contribution >= 0.6 is 27.5 Å². The summed E-state index contributed by atoms with van der Waals surface area (Å²) in [5, 5.41) is 8.95. The Morgan fingerprint density at radius 3 is 2.78 bits per heavy atom.